The van der Waals surface area contributed by atoms with Crippen molar-refractivity contribution in [2.24, 2.45) is 11.8 Å². The minimum absolute atomic E-state index is 0.236. The first kappa shape index (κ1) is 10.6. The van der Waals surface area contributed by atoms with Crippen molar-refractivity contribution in [2.45, 2.75) is 31.8 Å². The van der Waals surface area contributed by atoms with Gasteiger partial charge >= 0.3 is 0 Å². The number of benzene rings is 1. The number of ether oxygens (including phenoxy) is 1. The van der Waals surface area contributed by atoms with Gasteiger partial charge in [0.15, 0.2) is 0 Å². The van der Waals surface area contributed by atoms with E-state index in [-0.39, 0.29) is 5.60 Å². The summed E-state index contributed by atoms with van der Waals surface area (Å²) in [7, 11) is 0. The van der Waals surface area contributed by atoms with E-state index in [4.69, 9.17) is 16.3 Å². The fourth-order valence-corrected chi connectivity index (χ4v) is 3.25. The maximum atomic E-state index is 5.90. The summed E-state index contributed by atoms with van der Waals surface area (Å²) in [5.41, 5.74) is 1.62. The Kier molecular flexibility index (Phi) is 2.49. The van der Waals surface area contributed by atoms with E-state index in [2.05, 4.69) is 19.1 Å². The average Bonchev–Trinajstić information content (AvgIpc) is 3.02. The fraction of sp³-hybridized carbons (Fsp3) is 0.571. The van der Waals surface area contributed by atoms with Crippen molar-refractivity contribution >= 4 is 11.6 Å². The molecule has 2 heteroatoms. The van der Waals surface area contributed by atoms with Crippen LogP contribution >= 0.6 is 11.6 Å². The van der Waals surface area contributed by atoms with Crippen LogP contribution in [0, 0.1) is 11.8 Å². The zero-order valence-corrected chi connectivity index (χ0v) is 10.3. The molecular weight excluding hydrogens is 220 g/mol. The lowest BCUT2D eigenvalue weighted by atomic mass is 9.86. The molecule has 0 aromatic heterocycles. The molecule has 1 aromatic carbocycles. The summed E-state index contributed by atoms with van der Waals surface area (Å²) in [4.78, 5) is 0. The van der Waals surface area contributed by atoms with Crippen LogP contribution in [0.5, 0.6) is 0 Å². The van der Waals surface area contributed by atoms with E-state index in [0.29, 0.717) is 5.92 Å². The van der Waals surface area contributed by atoms with E-state index in [0.717, 1.165) is 24.0 Å². The number of hydrogen-bond donors (Lipinski definition) is 0. The quantitative estimate of drug-likeness (QED) is 0.714. The highest BCUT2D eigenvalue weighted by molar-refractivity contribution is 6.30. The van der Waals surface area contributed by atoms with E-state index in [9.17, 15) is 0 Å². The summed E-state index contributed by atoms with van der Waals surface area (Å²) in [6.45, 7) is 3.31. The Morgan fingerprint density at radius 1 is 1.31 bits per heavy atom. The predicted octanol–water partition coefficient (Wildman–Crippen LogP) is 3.70. The lowest BCUT2D eigenvalue weighted by molar-refractivity contribution is 0.204. The van der Waals surface area contributed by atoms with Gasteiger partial charge in [-0.3, -0.25) is 0 Å². The molecule has 1 aliphatic carbocycles. The first-order valence-corrected chi connectivity index (χ1v) is 6.47. The second kappa shape index (κ2) is 3.75. The van der Waals surface area contributed by atoms with Crippen molar-refractivity contribution in [3.63, 3.8) is 0 Å². The molecular formula is C14H17ClO. The fourth-order valence-electron chi connectivity index (χ4n) is 3.13. The van der Waals surface area contributed by atoms with E-state index >= 15 is 0 Å². The van der Waals surface area contributed by atoms with Gasteiger partial charge in [-0.05, 0) is 48.8 Å². The largest absolute Gasteiger partial charge is 0.369 e. The molecule has 2 fully saturated rings. The minimum atomic E-state index is 0.236. The Morgan fingerprint density at radius 2 is 2.00 bits per heavy atom. The van der Waals surface area contributed by atoms with Crippen molar-refractivity contribution in [3.8, 4) is 0 Å². The zero-order valence-electron chi connectivity index (χ0n) is 9.58. The molecule has 16 heavy (non-hydrogen) atoms. The molecule has 0 amide bonds. The summed E-state index contributed by atoms with van der Waals surface area (Å²) in [6, 6.07) is 8.24. The van der Waals surface area contributed by atoms with Gasteiger partial charge in [-0.1, -0.05) is 30.7 Å². The van der Waals surface area contributed by atoms with Crippen LogP contribution in [0.1, 0.15) is 25.3 Å². The summed E-state index contributed by atoms with van der Waals surface area (Å²) < 4.78 is 5.75. The van der Waals surface area contributed by atoms with Gasteiger partial charge in [0.05, 0.1) is 12.2 Å². The molecule has 0 radical (unpaired) electrons. The second-order valence-electron chi connectivity index (χ2n) is 5.25. The maximum absolute atomic E-state index is 5.90. The maximum Gasteiger partial charge on any atom is 0.0972 e. The lowest BCUT2D eigenvalue weighted by Gasteiger charge is -2.18. The number of halogens is 1. The van der Waals surface area contributed by atoms with Gasteiger partial charge < -0.3 is 4.74 Å². The predicted molar refractivity (Wildman–Crippen MR) is 65.7 cm³/mol. The minimum Gasteiger partial charge on any atom is -0.369 e. The Balaban J connectivity index is 1.74. The van der Waals surface area contributed by atoms with Crippen LogP contribution in [-0.2, 0) is 11.2 Å². The monoisotopic (exact) mass is 236 g/mol. The van der Waals surface area contributed by atoms with Crippen LogP contribution < -0.4 is 0 Å². The summed E-state index contributed by atoms with van der Waals surface area (Å²) >= 11 is 5.90. The van der Waals surface area contributed by atoms with Gasteiger partial charge in [-0.25, -0.2) is 0 Å². The Labute approximate surface area is 102 Å². The van der Waals surface area contributed by atoms with Crippen molar-refractivity contribution in [1.29, 1.82) is 0 Å². The first-order valence-electron chi connectivity index (χ1n) is 6.09. The molecule has 2 aliphatic rings. The highest BCUT2D eigenvalue weighted by Crippen LogP contribution is 2.52. The number of hydrogen-bond acceptors (Lipinski definition) is 1. The zero-order chi connectivity index (χ0) is 11.2. The Bertz CT molecular complexity index is 380. The van der Waals surface area contributed by atoms with Gasteiger partial charge in [-0.15, -0.1) is 0 Å². The second-order valence-corrected chi connectivity index (χ2v) is 5.69. The number of rotatable bonds is 2. The molecule has 1 aliphatic heterocycles. The third-order valence-corrected chi connectivity index (χ3v) is 4.60. The summed E-state index contributed by atoms with van der Waals surface area (Å²) in [5, 5.41) is 0.820. The van der Waals surface area contributed by atoms with Crippen molar-refractivity contribution < 1.29 is 4.74 Å². The van der Waals surface area contributed by atoms with Crippen molar-refractivity contribution in [1.82, 2.24) is 0 Å². The van der Waals surface area contributed by atoms with Crippen LogP contribution in [0.15, 0.2) is 24.3 Å². The molecule has 1 saturated carbocycles. The molecule has 1 heterocycles. The van der Waals surface area contributed by atoms with Crippen LogP contribution in [0.4, 0.5) is 0 Å². The van der Waals surface area contributed by atoms with E-state index in [1.165, 1.54) is 18.4 Å². The normalized spacial score (nSPS) is 36.9. The van der Waals surface area contributed by atoms with Crippen LogP contribution in [0.3, 0.4) is 0 Å². The Morgan fingerprint density at radius 3 is 2.62 bits per heavy atom. The lowest BCUT2D eigenvalue weighted by Crippen LogP contribution is -2.25. The summed E-state index contributed by atoms with van der Waals surface area (Å²) in [5.74, 6) is 1.45. The van der Waals surface area contributed by atoms with Crippen LogP contribution in [0.2, 0.25) is 5.02 Å². The molecule has 0 bridgehead atoms. The number of epoxide rings is 1. The van der Waals surface area contributed by atoms with Gasteiger partial charge in [-0.2, -0.15) is 0 Å². The van der Waals surface area contributed by atoms with Crippen LogP contribution in [-0.4, -0.2) is 12.2 Å². The van der Waals surface area contributed by atoms with Crippen LogP contribution in [0.25, 0.3) is 0 Å². The van der Waals surface area contributed by atoms with E-state index in [1.54, 1.807) is 0 Å². The SMILES string of the molecule is C[C@H]1CC[C@@H](Cc2ccc(Cl)cc2)[C@@]12CO2. The average molecular weight is 237 g/mol. The molecule has 3 atom stereocenters. The van der Waals surface area contributed by atoms with Gasteiger partial charge in [0.25, 0.3) is 0 Å². The smallest absolute Gasteiger partial charge is 0.0972 e. The molecule has 1 spiro atoms. The summed E-state index contributed by atoms with van der Waals surface area (Å²) in [6.07, 6.45) is 3.77. The highest BCUT2D eigenvalue weighted by Gasteiger charge is 2.58. The molecule has 0 unspecified atom stereocenters. The third-order valence-electron chi connectivity index (χ3n) is 4.35. The van der Waals surface area contributed by atoms with Gasteiger partial charge in [0, 0.05) is 5.02 Å². The van der Waals surface area contributed by atoms with Gasteiger partial charge in [0.1, 0.15) is 0 Å². The van der Waals surface area contributed by atoms with E-state index < -0.39 is 0 Å². The molecule has 1 nitrogen and oxygen atoms in total. The molecule has 1 aromatic rings. The highest BCUT2D eigenvalue weighted by atomic mass is 35.5. The molecule has 1 saturated heterocycles. The first-order chi connectivity index (χ1) is 7.71. The van der Waals surface area contributed by atoms with Gasteiger partial charge in [0.2, 0.25) is 0 Å². The van der Waals surface area contributed by atoms with E-state index in [1.807, 2.05) is 12.1 Å². The molecule has 0 N–H and O–H groups in total. The molecule has 86 valence electrons. The topological polar surface area (TPSA) is 12.5 Å². The standard InChI is InChI=1S/C14H17ClO/c1-10-2-5-12(14(10)9-16-14)8-11-3-6-13(15)7-4-11/h3-4,6-7,10,12H,2,5,8-9H2,1H3/t10-,12-,14+/m0/s1. The van der Waals surface area contributed by atoms with Crippen molar-refractivity contribution in [3.05, 3.63) is 34.9 Å². The Hall–Kier alpha value is -0.530. The molecule has 3 rings (SSSR count). The third kappa shape index (κ3) is 1.66. The van der Waals surface area contributed by atoms with Crippen molar-refractivity contribution in [2.75, 3.05) is 6.61 Å².